The molecule has 0 aromatic rings. The second-order valence-corrected chi connectivity index (χ2v) is 5.04. The van der Waals surface area contributed by atoms with E-state index < -0.39 is 0 Å². The molecule has 1 fully saturated rings. The van der Waals surface area contributed by atoms with Crippen LogP contribution in [0, 0.1) is 11.8 Å². The van der Waals surface area contributed by atoms with Crippen LogP contribution in [0.4, 0.5) is 0 Å². The summed E-state index contributed by atoms with van der Waals surface area (Å²) in [4.78, 5) is 11.8. The van der Waals surface area contributed by atoms with Crippen LogP contribution in [0.1, 0.15) is 45.4 Å². The van der Waals surface area contributed by atoms with Crippen LogP contribution in [0.25, 0.3) is 0 Å². The van der Waals surface area contributed by atoms with E-state index in [1.807, 2.05) is 7.05 Å². The van der Waals surface area contributed by atoms with E-state index in [0.29, 0.717) is 0 Å². The van der Waals surface area contributed by atoms with Gasteiger partial charge in [0.25, 0.3) is 0 Å². The van der Waals surface area contributed by atoms with Crippen LogP contribution in [0.15, 0.2) is 0 Å². The van der Waals surface area contributed by atoms with Crippen molar-refractivity contribution in [1.29, 1.82) is 0 Å². The quantitative estimate of drug-likeness (QED) is 0.651. The van der Waals surface area contributed by atoms with Crippen molar-refractivity contribution in [2.45, 2.75) is 45.4 Å². The van der Waals surface area contributed by atoms with E-state index in [2.05, 4.69) is 17.6 Å². The first-order chi connectivity index (χ1) is 7.74. The van der Waals surface area contributed by atoms with Crippen molar-refractivity contribution in [3.63, 3.8) is 0 Å². The highest BCUT2D eigenvalue weighted by Crippen LogP contribution is 2.30. The third kappa shape index (κ3) is 4.97. The van der Waals surface area contributed by atoms with Crippen molar-refractivity contribution >= 4 is 5.91 Å². The Labute approximate surface area is 99.4 Å². The smallest absolute Gasteiger partial charge is 0.222 e. The van der Waals surface area contributed by atoms with Crippen LogP contribution in [0.3, 0.4) is 0 Å². The Morgan fingerprint density at radius 1 is 1.31 bits per heavy atom. The molecule has 94 valence electrons. The summed E-state index contributed by atoms with van der Waals surface area (Å²) in [6.45, 7) is 3.83. The Morgan fingerprint density at radius 2 is 2.00 bits per heavy atom. The maximum Gasteiger partial charge on any atom is 0.222 e. The highest BCUT2D eigenvalue weighted by atomic mass is 16.1. The molecule has 1 unspecified atom stereocenters. The molecule has 0 aromatic heterocycles. The number of carbonyl (C=O) groups is 1. The maximum absolute atomic E-state index is 11.8. The summed E-state index contributed by atoms with van der Waals surface area (Å²) in [5, 5.41) is 6.09. The average molecular weight is 226 g/mol. The number of rotatable bonds is 7. The van der Waals surface area contributed by atoms with E-state index in [-0.39, 0.29) is 11.8 Å². The van der Waals surface area contributed by atoms with Gasteiger partial charge in [-0.3, -0.25) is 4.79 Å². The van der Waals surface area contributed by atoms with Gasteiger partial charge < -0.3 is 10.6 Å². The van der Waals surface area contributed by atoms with Crippen molar-refractivity contribution in [3.8, 4) is 0 Å². The predicted octanol–water partition coefficient (Wildman–Crippen LogP) is 1.93. The summed E-state index contributed by atoms with van der Waals surface area (Å²) in [5.41, 5.74) is 0. The zero-order chi connectivity index (χ0) is 11.8. The van der Waals surface area contributed by atoms with Crippen LogP contribution < -0.4 is 10.6 Å². The van der Waals surface area contributed by atoms with Gasteiger partial charge >= 0.3 is 0 Å². The summed E-state index contributed by atoms with van der Waals surface area (Å²) in [5.74, 6) is 1.23. The van der Waals surface area contributed by atoms with E-state index in [0.717, 1.165) is 31.8 Å². The molecule has 16 heavy (non-hydrogen) atoms. The van der Waals surface area contributed by atoms with Crippen molar-refractivity contribution in [1.82, 2.24) is 10.6 Å². The summed E-state index contributed by atoms with van der Waals surface area (Å²) >= 11 is 0. The molecule has 1 amide bonds. The van der Waals surface area contributed by atoms with Gasteiger partial charge in [-0.2, -0.15) is 0 Å². The second-order valence-electron chi connectivity index (χ2n) is 5.04. The molecule has 0 saturated heterocycles. The lowest BCUT2D eigenvalue weighted by Crippen LogP contribution is -2.32. The minimum Gasteiger partial charge on any atom is -0.356 e. The Balaban J connectivity index is 2.09. The Bertz CT molecular complexity index is 200. The molecule has 1 saturated carbocycles. The van der Waals surface area contributed by atoms with Crippen LogP contribution in [-0.2, 0) is 4.79 Å². The molecular formula is C13H26N2O. The largest absolute Gasteiger partial charge is 0.356 e. The van der Waals surface area contributed by atoms with Crippen molar-refractivity contribution < 1.29 is 4.79 Å². The molecule has 3 heteroatoms. The van der Waals surface area contributed by atoms with Gasteiger partial charge in [-0.15, -0.1) is 0 Å². The number of carbonyl (C=O) groups excluding carboxylic acids is 1. The minimum atomic E-state index is 0.192. The van der Waals surface area contributed by atoms with Gasteiger partial charge in [-0.1, -0.05) is 32.6 Å². The van der Waals surface area contributed by atoms with Gasteiger partial charge in [-0.05, 0) is 32.4 Å². The molecule has 1 rings (SSSR count). The maximum atomic E-state index is 11.8. The lowest BCUT2D eigenvalue weighted by atomic mass is 9.94. The number of hydrogen-bond donors (Lipinski definition) is 2. The highest BCUT2D eigenvalue weighted by molar-refractivity contribution is 5.78. The van der Waals surface area contributed by atoms with E-state index in [4.69, 9.17) is 0 Å². The van der Waals surface area contributed by atoms with Crippen LogP contribution >= 0.6 is 0 Å². The highest BCUT2D eigenvalue weighted by Gasteiger charge is 2.21. The number of amides is 1. The summed E-state index contributed by atoms with van der Waals surface area (Å²) < 4.78 is 0. The Hall–Kier alpha value is -0.570. The van der Waals surface area contributed by atoms with Crippen molar-refractivity contribution in [3.05, 3.63) is 0 Å². The molecule has 0 bridgehead atoms. The molecule has 0 aromatic carbocycles. The minimum absolute atomic E-state index is 0.192. The zero-order valence-electron chi connectivity index (χ0n) is 10.7. The first kappa shape index (κ1) is 13.5. The van der Waals surface area contributed by atoms with Gasteiger partial charge in [0.2, 0.25) is 5.91 Å². The summed E-state index contributed by atoms with van der Waals surface area (Å²) in [6.07, 6.45) is 7.48. The molecule has 3 nitrogen and oxygen atoms in total. The normalized spacial score (nSPS) is 18.6. The predicted molar refractivity (Wildman–Crippen MR) is 67.3 cm³/mol. The second kappa shape index (κ2) is 7.66. The molecule has 2 N–H and O–H groups in total. The molecule has 0 aliphatic heterocycles. The number of hydrogen-bond acceptors (Lipinski definition) is 2. The Kier molecular flexibility index (Phi) is 6.46. The fourth-order valence-corrected chi connectivity index (χ4v) is 2.50. The monoisotopic (exact) mass is 226 g/mol. The summed E-state index contributed by atoms with van der Waals surface area (Å²) in [6, 6.07) is 0. The van der Waals surface area contributed by atoms with Gasteiger partial charge in [-0.25, -0.2) is 0 Å². The molecular weight excluding hydrogens is 200 g/mol. The molecule has 0 spiro atoms. The third-order valence-electron chi connectivity index (χ3n) is 3.51. The molecule has 0 heterocycles. The fourth-order valence-electron chi connectivity index (χ4n) is 2.50. The first-order valence-electron chi connectivity index (χ1n) is 6.66. The van der Waals surface area contributed by atoms with E-state index in [1.54, 1.807) is 0 Å². The van der Waals surface area contributed by atoms with Gasteiger partial charge in [0, 0.05) is 12.5 Å². The Morgan fingerprint density at radius 3 is 2.62 bits per heavy atom. The van der Waals surface area contributed by atoms with Gasteiger partial charge in [0.15, 0.2) is 0 Å². The van der Waals surface area contributed by atoms with Gasteiger partial charge in [0.1, 0.15) is 0 Å². The average Bonchev–Trinajstić information content (AvgIpc) is 2.76. The zero-order valence-corrected chi connectivity index (χ0v) is 10.7. The van der Waals surface area contributed by atoms with Gasteiger partial charge in [0.05, 0.1) is 0 Å². The topological polar surface area (TPSA) is 41.1 Å². The SMILES string of the molecule is CNCCCNC(=O)C(C)CC1CCCC1. The lowest BCUT2D eigenvalue weighted by Gasteiger charge is -2.16. The molecule has 1 aliphatic carbocycles. The fraction of sp³-hybridized carbons (Fsp3) is 0.923. The molecule has 1 aliphatic rings. The standard InChI is InChI=1S/C13H26N2O/c1-11(10-12-6-3-4-7-12)13(16)15-9-5-8-14-2/h11-12,14H,3-10H2,1-2H3,(H,15,16). The van der Waals surface area contributed by atoms with Crippen LogP contribution in [0.2, 0.25) is 0 Å². The summed E-state index contributed by atoms with van der Waals surface area (Å²) in [7, 11) is 1.94. The van der Waals surface area contributed by atoms with Crippen LogP contribution in [-0.4, -0.2) is 26.0 Å². The van der Waals surface area contributed by atoms with Crippen molar-refractivity contribution in [2.24, 2.45) is 11.8 Å². The molecule has 0 radical (unpaired) electrons. The first-order valence-corrected chi connectivity index (χ1v) is 6.66. The van der Waals surface area contributed by atoms with Crippen LogP contribution in [0.5, 0.6) is 0 Å². The van der Waals surface area contributed by atoms with E-state index in [1.165, 1.54) is 25.7 Å². The number of nitrogens with one attached hydrogen (secondary N) is 2. The lowest BCUT2D eigenvalue weighted by molar-refractivity contribution is -0.125. The molecule has 1 atom stereocenters. The van der Waals surface area contributed by atoms with E-state index >= 15 is 0 Å². The van der Waals surface area contributed by atoms with E-state index in [9.17, 15) is 4.79 Å². The third-order valence-corrected chi connectivity index (χ3v) is 3.51. The van der Waals surface area contributed by atoms with Crippen molar-refractivity contribution in [2.75, 3.05) is 20.1 Å².